The van der Waals surface area contributed by atoms with Gasteiger partial charge in [-0.3, -0.25) is 4.79 Å². The van der Waals surface area contributed by atoms with E-state index in [-0.39, 0.29) is 5.91 Å². The van der Waals surface area contributed by atoms with E-state index >= 15 is 0 Å². The van der Waals surface area contributed by atoms with Gasteiger partial charge in [-0.1, -0.05) is 42.5 Å². The molecule has 3 rings (SSSR count). The van der Waals surface area contributed by atoms with Crippen LogP contribution >= 0.6 is 23.2 Å². The van der Waals surface area contributed by atoms with Crippen molar-refractivity contribution in [2.45, 2.75) is 37.6 Å². The molecule has 0 aromatic heterocycles. The van der Waals surface area contributed by atoms with Gasteiger partial charge < -0.3 is 10.6 Å². The van der Waals surface area contributed by atoms with Crippen LogP contribution in [0.15, 0.2) is 12.1 Å². The van der Waals surface area contributed by atoms with E-state index < -0.39 is 5.54 Å². The largest absolute Gasteiger partial charge is 0.369 e. The number of benzene rings is 1. The normalized spacial score (nSPS) is 21.1. The lowest BCUT2D eigenvalue weighted by Crippen LogP contribution is -2.53. The maximum Gasteiger partial charge on any atom is 0.250 e. The zero-order valence-corrected chi connectivity index (χ0v) is 11.4. The van der Waals surface area contributed by atoms with Gasteiger partial charge in [0.25, 0.3) is 0 Å². The Morgan fingerprint density at radius 1 is 1.00 bits per heavy atom. The number of hydrogen-bond donors (Lipinski definition) is 2. The molecule has 5 heteroatoms. The van der Waals surface area contributed by atoms with Gasteiger partial charge in [0, 0.05) is 0 Å². The first kappa shape index (κ1) is 12.1. The Labute approximate surface area is 116 Å². The Bertz CT molecular complexity index is 510. The van der Waals surface area contributed by atoms with Crippen molar-refractivity contribution < 1.29 is 4.79 Å². The summed E-state index contributed by atoms with van der Waals surface area (Å²) >= 11 is 12.0. The summed E-state index contributed by atoms with van der Waals surface area (Å²) in [4.78, 5) is 12.3. The molecule has 1 saturated carbocycles. The molecule has 1 aromatic carbocycles. The van der Waals surface area contributed by atoms with Crippen LogP contribution in [0.3, 0.4) is 0 Å². The molecule has 1 fully saturated rings. The molecule has 96 valence electrons. The minimum atomic E-state index is -0.456. The monoisotopic (exact) mass is 284 g/mol. The van der Waals surface area contributed by atoms with Crippen molar-refractivity contribution in [1.82, 2.24) is 0 Å². The third-order valence-corrected chi connectivity index (χ3v) is 4.55. The first-order valence-corrected chi connectivity index (χ1v) is 6.95. The van der Waals surface area contributed by atoms with E-state index in [1.807, 2.05) is 0 Å². The maximum absolute atomic E-state index is 12.3. The third-order valence-electron chi connectivity index (χ3n) is 3.82. The summed E-state index contributed by atoms with van der Waals surface area (Å²) < 4.78 is 0. The standard InChI is InChI=1S/C13H14Cl2N2O/c14-8-6-10-11(7-9(8)15)17-13(12(18)16-10)4-2-1-3-5-13/h6-7,17H,1-5H2,(H,16,18). The van der Waals surface area contributed by atoms with Gasteiger partial charge in [-0.2, -0.15) is 0 Å². The summed E-state index contributed by atoms with van der Waals surface area (Å²) in [6.07, 6.45) is 5.11. The lowest BCUT2D eigenvalue weighted by molar-refractivity contribution is -0.121. The minimum absolute atomic E-state index is 0.0492. The van der Waals surface area contributed by atoms with Crippen molar-refractivity contribution in [3.05, 3.63) is 22.2 Å². The molecule has 0 radical (unpaired) electrons. The molecule has 0 saturated heterocycles. The summed E-state index contributed by atoms with van der Waals surface area (Å²) in [5.41, 5.74) is 1.12. The van der Waals surface area contributed by atoms with Crippen molar-refractivity contribution in [3.8, 4) is 0 Å². The van der Waals surface area contributed by atoms with Crippen molar-refractivity contribution in [1.29, 1.82) is 0 Å². The van der Waals surface area contributed by atoms with Crippen LogP contribution in [0.4, 0.5) is 11.4 Å². The zero-order chi connectivity index (χ0) is 12.8. The number of nitrogens with one attached hydrogen (secondary N) is 2. The fourth-order valence-corrected chi connectivity index (χ4v) is 3.14. The van der Waals surface area contributed by atoms with E-state index in [1.54, 1.807) is 12.1 Å². The number of rotatable bonds is 0. The molecule has 1 aliphatic carbocycles. The Balaban J connectivity index is 2.00. The van der Waals surface area contributed by atoms with Gasteiger partial charge in [0.1, 0.15) is 5.54 Å². The third kappa shape index (κ3) is 1.86. The van der Waals surface area contributed by atoms with Crippen LogP contribution in [0.25, 0.3) is 0 Å². The second kappa shape index (κ2) is 4.32. The molecule has 2 aliphatic rings. The highest BCUT2D eigenvalue weighted by atomic mass is 35.5. The topological polar surface area (TPSA) is 41.1 Å². The number of carbonyl (C=O) groups excluding carboxylic acids is 1. The summed E-state index contributed by atoms with van der Waals surface area (Å²) in [6.45, 7) is 0. The summed E-state index contributed by atoms with van der Waals surface area (Å²) in [5, 5.41) is 7.28. The van der Waals surface area contributed by atoms with Crippen molar-refractivity contribution in [2.75, 3.05) is 10.6 Å². The van der Waals surface area contributed by atoms with Crippen LogP contribution in [0.5, 0.6) is 0 Å². The Morgan fingerprint density at radius 2 is 1.61 bits per heavy atom. The molecule has 1 heterocycles. The summed E-state index contributed by atoms with van der Waals surface area (Å²) in [7, 11) is 0. The Morgan fingerprint density at radius 3 is 2.28 bits per heavy atom. The summed E-state index contributed by atoms with van der Waals surface area (Å²) in [6, 6.07) is 3.48. The second-order valence-corrected chi connectivity index (χ2v) is 5.85. The molecule has 1 amide bonds. The van der Waals surface area contributed by atoms with Crippen LogP contribution in [0, 0.1) is 0 Å². The number of amides is 1. The SMILES string of the molecule is O=C1Nc2cc(Cl)c(Cl)cc2NC12CCCCC2. The first-order chi connectivity index (χ1) is 8.61. The maximum atomic E-state index is 12.3. The van der Waals surface area contributed by atoms with Gasteiger partial charge in [0.2, 0.25) is 5.91 Å². The van der Waals surface area contributed by atoms with Crippen LogP contribution in [0.1, 0.15) is 32.1 Å². The minimum Gasteiger partial charge on any atom is -0.369 e. The van der Waals surface area contributed by atoms with E-state index in [0.717, 1.165) is 31.4 Å². The fourth-order valence-electron chi connectivity index (χ4n) is 2.82. The van der Waals surface area contributed by atoms with Crippen LogP contribution in [-0.2, 0) is 4.79 Å². The van der Waals surface area contributed by atoms with Crippen molar-refractivity contribution in [3.63, 3.8) is 0 Å². The van der Waals surface area contributed by atoms with Gasteiger partial charge in [-0.15, -0.1) is 0 Å². The van der Waals surface area contributed by atoms with E-state index in [4.69, 9.17) is 23.2 Å². The zero-order valence-electron chi connectivity index (χ0n) is 9.85. The molecule has 2 N–H and O–H groups in total. The number of carbonyl (C=O) groups is 1. The lowest BCUT2D eigenvalue weighted by Gasteiger charge is -2.41. The lowest BCUT2D eigenvalue weighted by atomic mass is 9.79. The fraction of sp³-hybridized carbons (Fsp3) is 0.462. The highest BCUT2D eigenvalue weighted by Crippen LogP contribution is 2.41. The molecule has 18 heavy (non-hydrogen) atoms. The average molecular weight is 285 g/mol. The average Bonchev–Trinajstić information content (AvgIpc) is 2.35. The Kier molecular flexibility index (Phi) is 2.91. The second-order valence-electron chi connectivity index (χ2n) is 5.03. The molecule has 0 bridgehead atoms. The number of halogens is 2. The molecule has 1 spiro atoms. The molecule has 0 atom stereocenters. The molecular weight excluding hydrogens is 271 g/mol. The predicted molar refractivity (Wildman–Crippen MR) is 74.5 cm³/mol. The molecule has 3 nitrogen and oxygen atoms in total. The van der Waals surface area contributed by atoms with Gasteiger partial charge in [-0.05, 0) is 25.0 Å². The molecular formula is C13H14Cl2N2O. The van der Waals surface area contributed by atoms with E-state index in [0.29, 0.717) is 15.7 Å². The Hall–Kier alpha value is -0.930. The quantitative estimate of drug-likeness (QED) is 0.754. The number of anilines is 2. The molecule has 0 unspecified atom stereocenters. The van der Waals surface area contributed by atoms with E-state index in [1.165, 1.54) is 6.42 Å². The van der Waals surface area contributed by atoms with E-state index in [2.05, 4.69) is 10.6 Å². The van der Waals surface area contributed by atoms with Gasteiger partial charge in [0.15, 0.2) is 0 Å². The number of hydrogen-bond acceptors (Lipinski definition) is 2. The number of fused-ring (bicyclic) bond motifs is 1. The van der Waals surface area contributed by atoms with Crippen molar-refractivity contribution in [2.24, 2.45) is 0 Å². The van der Waals surface area contributed by atoms with Crippen molar-refractivity contribution >= 4 is 40.5 Å². The van der Waals surface area contributed by atoms with Crippen LogP contribution < -0.4 is 10.6 Å². The summed E-state index contributed by atoms with van der Waals surface area (Å²) in [5.74, 6) is 0.0492. The molecule has 1 aromatic rings. The van der Waals surface area contributed by atoms with Gasteiger partial charge >= 0.3 is 0 Å². The van der Waals surface area contributed by atoms with Gasteiger partial charge in [-0.25, -0.2) is 0 Å². The van der Waals surface area contributed by atoms with Gasteiger partial charge in [0.05, 0.1) is 21.4 Å². The molecule has 1 aliphatic heterocycles. The first-order valence-electron chi connectivity index (χ1n) is 6.19. The van der Waals surface area contributed by atoms with E-state index in [9.17, 15) is 4.79 Å². The highest BCUT2D eigenvalue weighted by molar-refractivity contribution is 6.42. The van der Waals surface area contributed by atoms with Crippen LogP contribution in [0.2, 0.25) is 10.0 Å². The predicted octanol–water partition coefficient (Wildman–Crippen LogP) is 4.06. The van der Waals surface area contributed by atoms with Crippen LogP contribution in [-0.4, -0.2) is 11.4 Å². The smallest absolute Gasteiger partial charge is 0.250 e. The highest BCUT2D eigenvalue weighted by Gasteiger charge is 2.42.